The average molecular weight is 453 g/mol. The summed E-state index contributed by atoms with van der Waals surface area (Å²) in [4.78, 5) is 43.2. The van der Waals surface area contributed by atoms with Gasteiger partial charge in [0.15, 0.2) is 0 Å². The molecular formula is C24H28N4O3S. The van der Waals surface area contributed by atoms with Crippen LogP contribution in [-0.2, 0) is 22.6 Å². The van der Waals surface area contributed by atoms with Gasteiger partial charge in [-0.25, -0.2) is 4.79 Å². The zero-order valence-corrected chi connectivity index (χ0v) is 19.0. The predicted molar refractivity (Wildman–Crippen MR) is 125 cm³/mol. The fourth-order valence-corrected chi connectivity index (χ4v) is 5.95. The van der Waals surface area contributed by atoms with Crippen molar-refractivity contribution >= 4 is 40.6 Å². The van der Waals surface area contributed by atoms with E-state index in [1.807, 2.05) is 24.3 Å². The number of carbonyl (C=O) groups excluding carboxylic acids is 3. The fraction of sp³-hybridized carbons (Fsp3) is 0.458. The van der Waals surface area contributed by atoms with E-state index in [2.05, 4.69) is 33.9 Å². The molecule has 0 bridgehead atoms. The Bertz CT molecular complexity index is 1060. The highest BCUT2D eigenvalue weighted by Gasteiger charge is 2.52. The maximum Gasteiger partial charge on any atom is 0.325 e. The van der Waals surface area contributed by atoms with Crippen molar-refractivity contribution in [2.45, 2.75) is 51.1 Å². The van der Waals surface area contributed by atoms with Crippen LogP contribution in [0.1, 0.15) is 43.0 Å². The number of benzene rings is 1. The molecule has 2 N–H and O–H groups in total. The first-order valence-electron chi connectivity index (χ1n) is 11.3. The number of fused-ring (bicyclic) bond motifs is 1. The van der Waals surface area contributed by atoms with Crippen LogP contribution in [0, 0.1) is 5.92 Å². The summed E-state index contributed by atoms with van der Waals surface area (Å²) in [5, 5.41) is 7.94. The minimum atomic E-state index is -0.826. The van der Waals surface area contributed by atoms with Crippen LogP contribution in [0.2, 0.25) is 0 Å². The Morgan fingerprint density at radius 3 is 2.81 bits per heavy atom. The molecule has 0 atom stereocenters. The molecule has 2 fully saturated rings. The molecule has 1 aromatic carbocycles. The van der Waals surface area contributed by atoms with E-state index in [-0.39, 0.29) is 18.4 Å². The lowest BCUT2D eigenvalue weighted by molar-refractivity contribution is -0.135. The summed E-state index contributed by atoms with van der Waals surface area (Å²) in [6, 6.07) is 9.40. The van der Waals surface area contributed by atoms with Gasteiger partial charge in [0, 0.05) is 18.0 Å². The van der Waals surface area contributed by atoms with Crippen molar-refractivity contribution < 1.29 is 14.4 Å². The number of nitrogens with zero attached hydrogens (tertiary/aromatic N) is 2. The Hall–Kier alpha value is -2.87. The number of anilines is 2. The number of rotatable bonds is 4. The molecule has 1 aliphatic carbocycles. The molecule has 1 aromatic heterocycles. The number of para-hydroxylation sites is 2. The molecule has 7 nitrogen and oxygen atoms in total. The van der Waals surface area contributed by atoms with Gasteiger partial charge in [-0.15, -0.1) is 11.3 Å². The lowest BCUT2D eigenvalue weighted by Crippen LogP contribution is -2.49. The molecule has 3 aliphatic rings. The van der Waals surface area contributed by atoms with Crippen LogP contribution in [0.25, 0.3) is 0 Å². The molecule has 0 radical (unpaired) electrons. The zero-order valence-electron chi connectivity index (χ0n) is 18.2. The number of imide groups is 1. The van der Waals surface area contributed by atoms with E-state index in [0.29, 0.717) is 24.4 Å². The Labute approximate surface area is 191 Å². The van der Waals surface area contributed by atoms with Gasteiger partial charge in [-0.3, -0.25) is 14.5 Å². The summed E-state index contributed by atoms with van der Waals surface area (Å²) in [6.45, 7) is 3.58. The number of nitrogens with one attached hydrogen (secondary N) is 2. The molecule has 5 rings (SSSR count). The lowest BCUT2D eigenvalue weighted by atomic mass is 9.77. The second-order valence-electron chi connectivity index (χ2n) is 9.19. The highest BCUT2D eigenvalue weighted by molar-refractivity contribution is 7.10. The third-order valence-corrected chi connectivity index (χ3v) is 8.02. The van der Waals surface area contributed by atoms with Crippen molar-refractivity contribution in [2.24, 2.45) is 5.92 Å². The van der Waals surface area contributed by atoms with Crippen molar-refractivity contribution in [3.05, 3.63) is 46.2 Å². The molecule has 3 heterocycles. The van der Waals surface area contributed by atoms with Gasteiger partial charge in [-0.05, 0) is 67.2 Å². The van der Waals surface area contributed by atoms with Crippen LogP contribution in [0.4, 0.5) is 16.2 Å². The Kier molecular flexibility index (Phi) is 5.41. The number of thiophene rings is 1. The van der Waals surface area contributed by atoms with Crippen LogP contribution < -0.4 is 15.5 Å². The largest absolute Gasteiger partial charge is 0.365 e. The highest BCUT2D eigenvalue weighted by Crippen LogP contribution is 2.36. The first kappa shape index (κ1) is 21.0. The van der Waals surface area contributed by atoms with Crippen LogP contribution in [0.5, 0.6) is 0 Å². The first-order valence-corrected chi connectivity index (χ1v) is 12.2. The van der Waals surface area contributed by atoms with Crippen LogP contribution in [0.15, 0.2) is 35.7 Å². The predicted octanol–water partition coefficient (Wildman–Crippen LogP) is 3.75. The first-order chi connectivity index (χ1) is 15.4. The van der Waals surface area contributed by atoms with Crippen LogP contribution in [-0.4, -0.2) is 41.4 Å². The third-order valence-electron chi connectivity index (χ3n) is 7.00. The Morgan fingerprint density at radius 1 is 1.22 bits per heavy atom. The van der Waals surface area contributed by atoms with E-state index in [4.69, 9.17) is 0 Å². The number of amides is 4. The van der Waals surface area contributed by atoms with Gasteiger partial charge >= 0.3 is 6.03 Å². The van der Waals surface area contributed by atoms with E-state index in [1.54, 1.807) is 11.3 Å². The molecule has 2 aliphatic heterocycles. The minimum absolute atomic E-state index is 0.265. The SMILES string of the molecule is CC1CCC2(CC1)NC(=O)N(CC(=O)Nc1ccccc1N1CCc3sccc3C1)C2=O. The molecule has 0 unspecified atom stereocenters. The summed E-state index contributed by atoms with van der Waals surface area (Å²) >= 11 is 1.79. The average Bonchev–Trinajstić information content (AvgIpc) is 3.34. The summed E-state index contributed by atoms with van der Waals surface area (Å²) in [7, 11) is 0. The summed E-state index contributed by atoms with van der Waals surface area (Å²) in [5.41, 5.74) is 2.15. The smallest absolute Gasteiger partial charge is 0.325 e. The number of urea groups is 1. The second kappa shape index (κ2) is 8.24. The van der Waals surface area contributed by atoms with E-state index in [0.717, 1.165) is 42.9 Å². The molecular weight excluding hydrogens is 424 g/mol. The quantitative estimate of drug-likeness (QED) is 0.693. The van der Waals surface area contributed by atoms with Crippen molar-refractivity contribution in [3.8, 4) is 0 Å². The van der Waals surface area contributed by atoms with E-state index < -0.39 is 11.6 Å². The van der Waals surface area contributed by atoms with Crippen LogP contribution in [0.3, 0.4) is 0 Å². The molecule has 2 aromatic rings. The van der Waals surface area contributed by atoms with Gasteiger partial charge in [0.1, 0.15) is 12.1 Å². The molecule has 1 saturated heterocycles. The monoisotopic (exact) mass is 452 g/mol. The molecule has 4 amide bonds. The normalized spacial score (nSPS) is 25.1. The second-order valence-corrected chi connectivity index (χ2v) is 10.2. The number of hydrogen-bond donors (Lipinski definition) is 2. The van der Waals surface area contributed by atoms with Gasteiger partial charge in [0.25, 0.3) is 5.91 Å². The van der Waals surface area contributed by atoms with Gasteiger partial charge in [-0.2, -0.15) is 0 Å². The van der Waals surface area contributed by atoms with Crippen molar-refractivity contribution in [3.63, 3.8) is 0 Å². The molecule has 1 spiro atoms. The van der Waals surface area contributed by atoms with Gasteiger partial charge in [0.2, 0.25) is 5.91 Å². The molecule has 168 valence electrons. The lowest BCUT2D eigenvalue weighted by Gasteiger charge is -2.33. The van der Waals surface area contributed by atoms with Gasteiger partial charge < -0.3 is 15.5 Å². The van der Waals surface area contributed by atoms with E-state index >= 15 is 0 Å². The maximum atomic E-state index is 13.0. The maximum absolute atomic E-state index is 13.0. The topological polar surface area (TPSA) is 81.8 Å². The summed E-state index contributed by atoms with van der Waals surface area (Å²) in [5.74, 6) is -0.0756. The zero-order chi connectivity index (χ0) is 22.3. The van der Waals surface area contributed by atoms with Crippen molar-refractivity contribution in [2.75, 3.05) is 23.3 Å². The molecule has 32 heavy (non-hydrogen) atoms. The minimum Gasteiger partial charge on any atom is -0.365 e. The van der Waals surface area contributed by atoms with E-state index in [9.17, 15) is 14.4 Å². The summed E-state index contributed by atoms with van der Waals surface area (Å²) in [6.07, 6.45) is 4.07. The van der Waals surface area contributed by atoms with Gasteiger partial charge in [-0.1, -0.05) is 19.1 Å². The van der Waals surface area contributed by atoms with Gasteiger partial charge in [0.05, 0.1) is 11.4 Å². The third kappa shape index (κ3) is 3.77. The standard InChI is InChI=1S/C24H28N4O3S/c1-16-6-10-24(11-7-16)22(30)28(23(31)26-24)15-21(29)25-18-4-2-3-5-19(18)27-12-8-20-17(14-27)9-13-32-20/h2-5,9,13,16H,6-8,10-12,14-15H2,1H3,(H,25,29)(H,26,31). The van der Waals surface area contributed by atoms with Crippen LogP contribution >= 0.6 is 11.3 Å². The molecule has 1 saturated carbocycles. The highest BCUT2D eigenvalue weighted by atomic mass is 32.1. The Balaban J connectivity index is 1.27. The van der Waals surface area contributed by atoms with E-state index in [1.165, 1.54) is 10.4 Å². The Morgan fingerprint density at radius 2 is 2.00 bits per heavy atom. The molecule has 8 heteroatoms. The van der Waals surface area contributed by atoms with Crippen molar-refractivity contribution in [1.82, 2.24) is 10.2 Å². The number of carbonyl (C=O) groups is 3. The fourth-order valence-electron chi connectivity index (χ4n) is 5.06. The number of hydrogen-bond acceptors (Lipinski definition) is 5. The van der Waals surface area contributed by atoms with Crippen molar-refractivity contribution in [1.29, 1.82) is 0 Å². The summed E-state index contributed by atoms with van der Waals surface area (Å²) < 4.78 is 0.